The predicted molar refractivity (Wildman–Crippen MR) is 118 cm³/mol. The van der Waals surface area contributed by atoms with E-state index in [2.05, 4.69) is 75.4 Å². The highest BCUT2D eigenvalue weighted by Crippen LogP contribution is 2.27. The van der Waals surface area contributed by atoms with Gasteiger partial charge in [-0.3, -0.25) is 9.69 Å². The first-order chi connectivity index (χ1) is 13.8. The van der Waals surface area contributed by atoms with E-state index in [4.69, 9.17) is 5.10 Å². The monoisotopic (exact) mass is 396 g/mol. The minimum atomic E-state index is 0.160. The smallest absolute Gasteiger partial charge is 0.223 e. The zero-order valence-electron chi connectivity index (χ0n) is 18.9. The molecule has 0 saturated carbocycles. The molecule has 2 aromatic rings. The molecule has 0 spiro atoms. The minimum absolute atomic E-state index is 0.160. The van der Waals surface area contributed by atoms with E-state index in [0.717, 1.165) is 37.4 Å². The Bertz CT molecular complexity index is 835. The van der Waals surface area contributed by atoms with Gasteiger partial charge in [-0.15, -0.1) is 0 Å². The quantitative estimate of drug-likeness (QED) is 0.699. The summed E-state index contributed by atoms with van der Waals surface area (Å²) in [5, 5.41) is 5.04. The van der Waals surface area contributed by atoms with Gasteiger partial charge < -0.3 is 4.90 Å². The predicted octanol–water partition coefficient (Wildman–Crippen LogP) is 4.34. The number of aromatic nitrogens is 2. The van der Waals surface area contributed by atoms with E-state index in [-0.39, 0.29) is 11.9 Å². The van der Waals surface area contributed by atoms with Crippen LogP contribution in [-0.2, 0) is 24.3 Å². The second-order valence-corrected chi connectivity index (χ2v) is 8.95. The van der Waals surface area contributed by atoms with Crippen molar-refractivity contribution in [3.8, 4) is 5.69 Å². The van der Waals surface area contributed by atoms with E-state index < -0.39 is 0 Å². The van der Waals surface area contributed by atoms with Crippen molar-refractivity contribution in [3.63, 3.8) is 0 Å². The summed E-state index contributed by atoms with van der Waals surface area (Å²) in [6, 6.07) is 8.71. The van der Waals surface area contributed by atoms with Gasteiger partial charge in [0.15, 0.2) is 0 Å². The average molecular weight is 397 g/mol. The maximum atomic E-state index is 12.9. The fourth-order valence-electron chi connectivity index (χ4n) is 4.02. The van der Waals surface area contributed by atoms with Gasteiger partial charge in [-0.25, -0.2) is 4.68 Å². The molecule has 1 aliphatic heterocycles. The molecule has 5 nitrogen and oxygen atoms in total. The molecule has 0 N–H and O–H groups in total. The summed E-state index contributed by atoms with van der Waals surface area (Å²) < 4.78 is 2.11. The lowest BCUT2D eigenvalue weighted by Crippen LogP contribution is -2.38. The molecule has 2 heterocycles. The minimum Gasteiger partial charge on any atom is -0.334 e. The summed E-state index contributed by atoms with van der Waals surface area (Å²) >= 11 is 0. The standard InChI is InChI=1S/C24H36N4O/c1-7-26-13-12-23-21(15-26)22(16-27(18(4)5)24(29)14-17(2)3)25-28(23)20-10-8-19(6)9-11-20/h8-11,17-18H,7,12-16H2,1-6H3. The maximum Gasteiger partial charge on any atom is 0.223 e. The van der Waals surface area contributed by atoms with Gasteiger partial charge in [0.25, 0.3) is 0 Å². The van der Waals surface area contributed by atoms with Crippen molar-refractivity contribution in [2.24, 2.45) is 5.92 Å². The molecule has 0 saturated heterocycles. The van der Waals surface area contributed by atoms with Gasteiger partial charge in [-0.05, 0) is 45.4 Å². The number of hydrogen-bond acceptors (Lipinski definition) is 3. The topological polar surface area (TPSA) is 41.4 Å². The Morgan fingerprint density at radius 2 is 1.86 bits per heavy atom. The van der Waals surface area contributed by atoms with Gasteiger partial charge in [0.1, 0.15) is 0 Å². The van der Waals surface area contributed by atoms with Crippen LogP contribution in [0, 0.1) is 12.8 Å². The molecule has 3 rings (SSSR count). The summed E-state index contributed by atoms with van der Waals surface area (Å²) in [5.41, 5.74) is 6.00. The van der Waals surface area contributed by atoms with Crippen LogP contribution in [0.25, 0.3) is 5.69 Å². The Hall–Kier alpha value is -2.14. The first kappa shape index (κ1) is 21.6. The highest BCUT2D eigenvalue weighted by molar-refractivity contribution is 5.76. The third kappa shape index (κ3) is 4.89. The number of fused-ring (bicyclic) bond motifs is 1. The van der Waals surface area contributed by atoms with Gasteiger partial charge in [0.05, 0.1) is 23.6 Å². The van der Waals surface area contributed by atoms with E-state index in [9.17, 15) is 4.79 Å². The van der Waals surface area contributed by atoms with Crippen LogP contribution in [-0.4, -0.2) is 44.6 Å². The normalized spacial score (nSPS) is 14.5. The second kappa shape index (κ2) is 9.12. The molecule has 0 unspecified atom stereocenters. The fourth-order valence-corrected chi connectivity index (χ4v) is 4.02. The molecule has 0 bridgehead atoms. The van der Waals surface area contributed by atoms with E-state index in [1.165, 1.54) is 16.8 Å². The number of amides is 1. The van der Waals surface area contributed by atoms with E-state index in [1.807, 2.05) is 4.90 Å². The summed E-state index contributed by atoms with van der Waals surface area (Å²) in [4.78, 5) is 17.3. The van der Waals surface area contributed by atoms with E-state index in [0.29, 0.717) is 18.9 Å². The van der Waals surface area contributed by atoms with Gasteiger partial charge in [0, 0.05) is 37.5 Å². The molecular weight excluding hydrogens is 360 g/mol. The Labute approximate surface area is 175 Å². The Morgan fingerprint density at radius 1 is 1.17 bits per heavy atom. The Balaban J connectivity index is 1.99. The highest BCUT2D eigenvalue weighted by atomic mass is 16.2. The second-order valence-electron chi connectivity index (χ2n) is 8.95. The number of carbonyl (C=O) groups excluding carboxylic acids is 1. The first-order valence-electron chi connectivity index (χ1n) is 11.0. The van der Waals surface area contributed by atoms with Crippen LogP contribution in [0.1, 0.15) is 63.6 Å². The van der Waals surface area contributed by atoms with Crippen LogP contribution in [0.4, 0.5) is 0 Å². The molecule has 29 heavy (non-hydrogen) atoms. The molecule has 0 radical (unpaired) electrons. The first-order valence-corrected chi connectivity index (χ1v) is 11.0. The molecule has 5 heteroatoms. The lowest BCUT2D eigenvalue weighted by molar-refractivity contribution is -0.134. The van der Waals surface area contributed by atoms with Crippen molar-refractivity contribution >= 4 is 5.91 Å². The third-order valence-electron chi connectivity index (χ3n) is 5.79. The molecule has 1 aliphatic rings. The summed E-state index contributed by atoms with van der Waals surface area (Å²) in [7, 11) is 0. The van der Waals surface area contributed by atoms with Gasteiger partial charge in [0.2, 0.25) is 5.91 Å². The molecular formula is C24H36N4O. The van der Waals surface area contributed by atoms with Crippen molar-refractivity contribution in [2.45, 2.75) is 73.5 Å². The molecule has 0 fully saturated rings. The van der Waals surface area contributed by atoms with Crippen LogP contribution in [0.3, 0.4) is 0 Å². The number of nitrogens with zero attached hydrogens (tertiary/aromatic N) is 4. The molecule has 1 aromatic carbocycles. The third-order valence-corrected chi connectivity index (χ3v) is 5.79. The SMILES string of the molecule is CCN1CCc2c(c(CN(C(=O)CC(C)C)C(C)C)nn2-c2ccc(C)cc2)C1. The van der Waals surface area contributed by atoms with Crippen molar-refractivity contribution in [3.05, 3.63) is 46.8 Å². The average Bonchev–Trinajstić information content (AvgIpc) is 3.03. The largest absolute Gasteiger partial charge is 0.334 e. The maximum absolute atomic E-state index is 12.9. The Kier molecular flexibility index (Phi) is 6.78. The fraction of sp³-hybridized carbons (Fsp3) is 0.583. The number of hydrogen-bond donors (Lipinski definition) is 0. The zero-order chi connectivity index (χ0) is 21.1. The molecule has 1 aromatic heterocycles. The molecule has 1 amide bonds. The number of carbonyl (C=O) groups is 1. The highest BCUT2D eigenvalue weighted by Gasteiger charge is 2.28. The Morgan fingerprint density at radius 3 is 2.45 bits per heavy atom. The lowest BCUT2D eigenvalue weighted by Gasteiger charge is -2.29. The van der Waals surface area contributed by atoms with Crippen LogP contribution in [0.5, 0.6) is 0 Å². The van der Waals surface area contributed by atoms with Crippen LogP contribution >= 0.6 is 0 Å². The van der Waals surface area contributed by atoms with Crippen molar-refractivity contribution in [2.75, 3.05) is 13.1 Å². The summed E-state index contributed by atoms with van der Waals surface area (Å²) in [5.74, 6) is 0.579. The van der Waals surface area contributed by atoms with E-state index in [1.54, 1.807) is 0 Å². The number of benzene rings is 1. The lowest BCUT2D eigenvalue weighted by atomic mass is 10.0. The van der Waals surface area contributed by atoms with Crippen molar-refractivity contribution < 1.29 is 4.79 Å². The van der Waals surface area contributed by atoms with Gasteiger partial charge >= 0.3 is 0 Å². The number of likely N-dealkylation sites (N-methyl/N-ethyl adjacent to an activating group) is 1. The van der Waals surface area contributed by atoms with Crippen LogP contribution in [0.15, 0.2) is 24.3 Å². The summed E-state index contributed by atoms with van der Waals surface area (Å²) in [6.07, 6.45) is 1.58. The van der Waals surface area contributed by atoms with Crippen molar-refractivity contribution in [1.29, 1.82) is 0 Å². The zero-order valence-corrected chi connectivity index (χ0v) is 18.9. The van der Waals surface area contributed by atoms with Gasteiger partial charge in [-0.2, -0.15) is 5.10 Å². The summed E-state index contributed by atoms with van der Waals surface area (Å²) in [6.45, 7) is 16.3. The van der Waals surface area contributed by atoms with E-state index >= 15 is 0 Å². The number of rotatable bonds is 7. The molecule has 0 aliphatic carbocycles. The number of aryl methyl sites for hydroxylation is 1. The molecule has 0 atom stereocenters. The molecule has 158 valence electrons. The van der Waals surface area contributed by atoms with Crippen LogP contribution in [0.2, 0.25) is 0 Å². The van der Waals surface area contributed by atoms with Gasteiger partial charge in [-0.1, -0.05) is 38.5 Å². The van der Waals surface area contributed by atoms with Crippen molar-refractivity contribution in [1.82, 2.24) is 19.6 Å². The van der Waals surface area contributed by atoms with Crippen LogP contribution < -0.4 is 0 Å².